The average Bonchev–Trinajstić information content (AvgIpc) is 2.91. The summed E-state index contributed by atoms with van der Waals surface area (Å²) < 4.78 is 11.3. The van der Waals surface area contributed by atoms with E-state index in [9.17, 15) is 0 Å². The van der Waals surface area contributed by atoms with Crippen LogP contribution in [0.15, 0.2) is 18.2 Å². The minimum Gasteiger partial charge on any atom is -0.493 e. The fourth-order valence-electron chi connectivity index (χ4n) is 2.25. The lowest BCUT2D eigenvalue weighted by molar-refractivity contribution is 0.166. The number of rotatable bonds is 7. The highest BCUT2D eigenvalue weighted by Gasteiger charge is 2.17. The van der Waals surface area contributed by atoms with Crippen LogP contribution in [0.2, 0.25) is 5.02 Å². The predicted molar refractivity (Wildman–Crippen MR) is 82.4 cm³/mol. The Labute approximate surface area is 126 Å². The van der Waals surface area contributed by atoms with E-state index < -0.39 is 0 Å². The summed E-state index contributed by atoms with van der Waals surface area (Å²) in [5, 5.41) is 4.19. The molecule has 1 aromatic rings. The summed E-state index contributed by atoms with van der Waals surface area (Å²) in [6.45, 7) is 8.47. The summed E-state index contributed by atoms with van der Waals surface area (Å²) in [4.78, 5) is 0. The first-order chi connectivity index (χ1) is 9.66. The SMILES string of the molecule is CC(C)CNCc1c(Cl)cccc1OCC1CCOC1. The minimum absolute atomic E-state index is 0.505. The van der Waals surface area contributed by atoms with E-state index in [4.69, 9.17) is 21.1 Å². The molecule has 4 heteroatoms. The standard InChI is InChI=1S/C16H24ClNO2/c1-12(2)8-18-9-14-15(17)4-3-5-16(14)20-11-13-6-7-19-10-13/h3-5,12-13,18H,6-11H2,1-2H3. The fraction of sp³-hybridized carbons (Fsp3) is 0.625. The summed E-state index contributed by atoms with van der Waals surface area (Å²) in [6.07, 6.45) is 1.08. The van der Waals surface area contributed by atoms with Crippen molar-refractivity contribution in [2.75, 3.05) is 26.4 Å². The van der Waals surface area contributed by atoms with E-state index in [0.29, 0.717) is 18.4 Å². The molecule has 1 unspecified atom stereocenters. The molecule has 1 saturated heterocycles. The summed E-state index contributed by atoms with van der Waals surface area (Å²) in [5.41, 5.74) is 1.05. The predicted octanol–water partition coefficient (Wildman–Crippen LogP) is 3.50. The maximum absolute atomic E-state index is 6.30. The number of hydrogen-bond acceptors (Lipinski definition) is 3. The molecule has 112 valence electrons. The molecule has 1 N–H and O–H groups in total. The van der Waals surface area contributed by atoms with Crippen molar-refractivity contribution in [3.05, 3.63) is 28.8 Å². The summed E-state index contributed by atoms with van der Waals surface area (Å²) in [7, 11) is 0. The first-order valence-corrected chi connectivity index (χ1v) is 7.73. The van der Waals surface area contributed by atoms with Gasteiger partial charge in [-0.15, -0.1) is 0 Å². The Morgan fingerprint density at radius 3 is 3.00 bits per heavy atom. The molecule has 0 spiro atoms. The molecule has 1 aliphatic rings. The Hall–Kier alpha value is -0.770. The van der Waals surface area contributed by atoms with Gasteiger partial charge in [-0.1, -0.05) is 31.5 Å². The number of hydrogen-bond donors (Lipinski definition) is 1. The minimum atomic E-state index is 0.505. The number of nitrogens with one attached hydrogen (secondary N) is 1. The quantitative estimate of drug-likeness (QED) is 0.835. The second kappa shape index (κ2) is 7.87. The van der Waals surface area contributed by atoms with Crippen LogP contribution < -0.4 is 10.1 Å². The van der Waals surface area contributed by atoms with Crippen molar-refractivity contribution in [1.29, 1.82) is 0 Å². The Balaban J connectivity index is 1.93. The molecule has 0 bridgehead atoms. The Morgan fingerprint density at radius 1 is 1.45 bits per heavy atom. The fourth-order valence-corrected chi connectivity index (χ4v) is 2.49. The van der Waals surface area contributed by atoms with E-state index in [1.807, 2.05) is 18.2 Å². The zero-order valence-corrected chi connectivity index (χ0v) is 13.1. The van der Waals surface area contributed by atoms with Gasteiger partial charge in [-0.05, 0) is 31.0 Å². The molecule has 1 fully saturated rings. The van der Waals surface area contributed by atoms with Gasteiger partial charge in [0.05, 0.1) is 13.2 Å². The van der Waals surface area contributed by atoms with Crippen LogP contribution in [0.4, 0.5) is 0 Å². The van der Waals surface area contributed by atoms with Crippen LogP contribution in [0, 0.1) is 11.8 Å². The highest BCUT2D eigenvalue weighted by Crippen LogP contribution is 2.27. The molecule has 1 aliphatic heterocycles. The zero-order chi connectivity index (χ0) is 14.4. The summed E-state index contributed by atoms with van der Waals surface area (Å²) in [6, 6.07) is 5.85. The maximum atomic E-state index is 6.30. The van der Waals surface area contributed by atoms with Gasteiger partial charge in [-0.3, -0.25) is 0 Å². The molecular weight excluding hydrogens is 274 g/mol. The number of ether oxygens (including phenoxy) is 2. The van der Waals surface area contributed by atoms with Gasteiger partial charge in [0.25, 0.3) is 0 Å². The molecule has 1 atom stereocenters. The molecule has 0 radical (unpaired) electrons. The highest BCUT2D eigenvalue weighted by molar-refractivity contribution is 6.31. The van der Waals surface area contributed by atoms with Crippen LogP contribution in [-0.4, -0.2) is 26.4 Å². The van der Waals surface area contributed by atoms with Gasteiger partial charge in [0, 0.05) is 29.7 Å². The van der Waals surface area contributed by atoms with Gasteiger partial charge < -0.3 is 14.8 Å². The lowest BCUT2D eigenvalue weighted by Crippen LogP contribution is -2.20. The van der Waals surface area contributed by atoms with Crippen molar-refractivity contribution in [2.24, 2.45) is 11.8 Å². The average molecular weight is 298 g/mol. The van der Waals surface area contributed by atoms with Crippen LogP contribution in [0.5, 0.6) is 5.75 Å². The van der Waals surface area contributed by atoms with Crippen molar-refractivity contribution in [3.63, 3.8) is 0 Å². The number of halogens is 1. The van der Waals surface area contributed by atoms with Crippen molar-refractivity contribution in [2.45, 2.75) is 26.8 Å². The van der Waals surface area contributed by atoms with E-state index in [0.717, 1.165) is 49.1 Å². The van der Waals surface area contributed by atoms with E-state index >= 15 is 0 Å². The van der Waals surface area contributed by atoms with E-state index in [2.05, 4.69) is 19.2 Å². The van der Waals surface area contributed by atoms with Gasteiger partial charge in [0.2, 0.25) is 0 Å². The van der Waals surface area contributed by atoms with Crippen LogP contribution in [-0.2, 0) is 11.3 Å². The van der Waals surface area contributed by atoms with Gasteiger partial charge in [0.1, 0.15) is 5.75 Å². The molecular formula is C16H24ClNO2. The van der Waals surface area contributed by atoms with Crippen molar-refractivity contribution < 1.29 is 9.47 Å². The smallest absolute Gasteiger partial charge is 0.125 e. The monoisotopic (exact) mass is 297 g/mol. The lowest BCUT2D eigenvalue weighted by atomic mass is 10.1. The van der Waals surface area contributed by atoms with Crippen molar-refractivity contribution in [1.82, 2.24) is 5.32 Å². The lowest BCUT2D eigenvalue weighted by Gasteiger charge is -2.16. The van der Waals surface area contributed by atoms with Crippen LogP contribution in [0.3, 0.4) is 0 Å². The van der Waals surface area contributed by atoms with Crippen molar-refractivity contribution >= 4 is 11.6 Å². The first kappa shape index (κ1) is 15.6. The molecule has 3 nitrogen and oxygen atoms in total. The molecule has 0 saturated carbocycles. The molecule has 1 heterocycles. The van der Waals surface area contributed by atoms with E-state index in [1.54, 1.807) is 0 Å². The zero-order valence-electron chi connectivity index (χ0n) is 12.3. The van der Waals surface area contributed by atoms with Crippen LogP contribution in [0.1, 0.15) is 25.8 Å². The topological polar surface area (TPSA) is 30.5 Å². The van der Waals surface area contributed by atoms with Gasteiger partial charge >= 0.3 is 0 Å². The highest BCUT2D eigenvalue weighted by atomic mass is 35.5. The third-order valence-corrected chi connectivity index (χ3v) is 3.78. The second-order valence-corrected chi connectivity index (χ2v) is 6.19. The third-order valence-electron chi connectivity index (χ3n) is 3.43. The maximum Gasteiger partial charge on any atom is 0.125 e. The van der Waals surface area contributed by atoms with Crippen molar-refractivity contribution in [3.8, 4) is 5.75 Å². The first-order valence-electron chi connectivity index (χ1n) is 7.35. The number of benzene rings is 1. The van der Waals surface area contributed by atoms with Crippen LogP contribution in [0.25, 0.3) is 0 Å². The molecule has 2 rings (SSSR count). The molecule has 0 amide bonds. The second-order valence-electron chi connectivity index (χ2n) is 5.78. The van der Waals surface area contributed by atoms with Gasteiger partial charge in [0.15, 0.2) is 0 Å². The molecule has 0 aliphatic carbocycles. The van der Waals surface area contributed by atoms with Gasteiger partial charge in [-0.2, -0.15) is 0 Å². The Bertz CT molecular complexity index is 417. The normalized spacial score (nSPS) is 18.7. The Kier molecular flexibility index (Phi) is 6.14. The van der Waals surface area contributed by atoms with Gasteiger partial charge in [-0.25, -0.2) is 0 Å². The third kappa shape index (κ3) is 4.65. The van der Waals surface area contributed by atoms with Crippen LogP contribution >= 0.6 is 11.6 Å². The molecule has 20 heavy (non-hydrogen) atoms. The van der Waals surface area contributed by atoms with E-state index in [1.165, 1.54) is 0 Å². The summed E-state index contributed by atoms with van der Waals surface area (Å²) >= 11 is 6.30. The van der Waals surface area contributed by atoms with E-state index in [-0.39, 0.29) is 0 Å². The Morgan fingerprint density at radius 2 is 2.30 bits per heavy atom. The molecule has 0 aromatic heterocycles. The largest absolute Gasteiger partial charge is 0.493 e. The molecule has 1 aromatic carbocycles. The summed E-state index contributed by atoms with van der Waals surface area (Å²) in [5.74, 6) is 2.02.